The van der Waals surface area contributed by atoms with Gasteiger partial charge >= 0.3 is 0 Å². The summed E-state index contributed by atoms with van der Waals surface area (Å²) in [5.41, 5.74) is 2.65. The van der Waals surface area contributed by atoms with Crippen molar-refractivity contribution in [3.05, 3.63) is 41.7 Å². The zero-order valence-electron chi connectivity index (χ0n) is 14.2. The fraction of sp³-hybridized carbons (Fsp3) is 0.389. The lowest BCUT2D eigenvalue weighted by Gasteiger charge is -2.08. The van der Waals surface area contributed by atoms with Gasteiger partial charge in [0.15, 0.2) is 0 Å². The smallest absolute Gasteiger partial charge is 0.251 e. The summed E-state index contributed by atoms with van der Waals surface area (Å²) in [5, 5.41) is 10.3. The van der Waals surface area contributed by atoms with Crippen LogP contribution in [0, 0.1) is 0 Å². The number of nitrogens with zero attached hydrogens (tertiary/aromatic N) is 2. The predicted octanol–water partition coefficient (Wildman–Crippen LogP) is 2.02. The average molecular weight is 328 g/mol. The molecule has 2 rings (SSSR count). The molecule has 2 aromatic rings. The van der Waals surface area contributed by atoms with E-state index in [0.717, 1.165) is 43.3 Å². The summed E-state index contributed by atoms with van der Waals surface area (Å²) >= 11 is 0. The number of amides is 1. The van der Waals surface area contributed by atoms with E-state index < -0.39 is 0 Å². The van der Waals surface area contributed by atoms with Gasteiger partial charge in [0.25, 0.3) is 5.91 Å². The molecule has 0 fully saturated rings. The zero-order chi connectivity index (χ0) is 17.4. The Morgan fingerprint density at radius 1 is 1.21 bits per heavy atom. The molecule has 0 saturated heterocycles. The highest BCUT2D eigenvalue weighted by Gasteiger charge is 2.10. The molecular weight excluding hydrogens is 304 g/mol. The quantitative estimate of drug-likeness (QED) is 0.545. The Hall–Kier alpha value is -2.47. The van der Waals surface area contributed by atoms with Crippen LogP contribution in [0.25, 0.3) is 11.1 Å². The number of rotatable bonds is 9. The molecule has 0 saturated carbocycles. The average Bonchev–Trinajstić information content (AvgIpc) is 3.03. The van der Waals surface area contributed by atoms with Gasteiger partial charge in [0.2, 0.25) is 0 Å². The Morgan fingerprint density at radius 3 is 2.71 bits per heavy atom. The van der Waals surface area contributed by atoms with Gasteiger partial charge in [-0.3, -0.25) is 14.3 Å². The van der Waals surface area contributed by atoms with E-state index in [0.29, 0.717) is 17.7 Å². The normalized spacial score (nSPS) is 10.6. The molecule has 24 heavy (non-hydrogen) atoms. The molecule has 0 atom stereocenters. The van der Waals surface area contributed by atoms with Crippen LogP contribution in [0.1, 0.15) is 40.5 Å². The Kier molecular flexibility index (Phi) is 6.69. The number of benzene rings is 1. The Balaban J connectivity index is 2.03. The number of aldehydes is 1. The van der Waals surface area contributed by atoms with Crippen molar-refractivity contribution in [3.63, 3.8) is 0 Å². The molecule has 0 bridgehead atoms. The third-order valence-electron chi connectivity index (χ3n) is 3.63. The lowest BCUT2D eigenvalue weighted by atomic mass is 10.0. The summed E-state index contributed by atoms with van der Waals surface area (Å²) in [6.45, 7) is 4.59. The molecule has 1 aromatic carbocycles. The van der Waals surface area contributed by atoms with E-state index in [2.05, 4.69) is 22.7 Å². The van der Waals surface area contributed by atoms with Gasteiger partial charge in [0, 0.05) is 36.5 Å². The van der Waals surface area contributed by atoms with E-state index in [1.807, 2.05) is 13.2 Å². The first-order chi connectivity index (χ1) is 11.6. The lowest BCUT2D eigenvalue weighted by molar-refractivity contribution is 0.0953. The predicted molar refractivity (Wildman–Crippen MR) is 94.1 cm³/mol. The molecule has 6 heteroatoms. The maximum atomic E-state index is 12.3. The maximum Gasteiger partial charge on any atom is 0.251 e. The molecule has 0 aliphatic rings. The molecule has 1 amide bonds. The van der Waals surface area contributed by atoms with E-state index in [9.17, 15) is 9.59 Å². The van der Waals surface area contributed by atoms with E-state index in [1.165, 1.54) is 0 Å². The molecule has 0 aliphatic carbocycles. The highest BCUT2D eigenvalue weighted by atomic mass is 16.1. The molecule has 2 N–H and O–H groups in total. The third-order valence-corrected chi connectivity index (χ3v) is 3.63. The van der Waals surface area contributed by atoms with Gasteiger partial charge in [-0.05, 0) is 49.7 Å². The minimum Gasteiger partial charge on any atom is -0.352 e. The molecule has 0 spiro atoms. The van der Waals surface area contributed by atoms with E-state index >= 15 is 0 Å². The molecule has 1 heterocycles. The third kappa shape index (κ3) is 5.03. The van der Waals surface area contributed by atoms with Crippen molar-refractivity contribution in [2.75, 3.05) is 19.6 Å². The first kappa shape index (κ1) is 17.9. The second-order valence-electron chi connectivity index (χ2n) is 5.72. The van der Waals surface area contributed by atoms with Crippen molar-refractivity contribution >= 4 is 12.2 Å². The second kappa shape index (κ2) is 8.98. The zero-order valence-corrected chi connectivity index (χ0v) is 14.2. The number of aryl methyl sites for hydroxylation is 1. The highest BCUT2D eigenvalue weighted by molar-refractivity contribution is 5.97. The van der Waals surface area contributed by atoms with Gasteiger partial charge in [-0.25, -0.2) is 0 Å². The molecular formula is C18H24N4O2. The Morgan fingerprint density at radius 2 is 2.04 bits per heavy atom. The molecule has 1 aromatic heterocycles. The van der Waals surface area contributed by atoms with Crippen molar-refractivity contribution in [1.82, 2.24) is 20.4 Å². The van der Waals surface area contributed by atoms with Crippen molar-refractivity contribution in [2.45, 2.75) is 19.8 Å². The van der Waals surface area contributed by atoms with Crippen LogP contribution in [0.5, 0.6) is 0 Å². The summed E-state index contributed by atoms with van der Waals surface area (Å²) in [6.07, 6.45) is 6.29. The molecule has 128 valence electrons. The lowest BCUT2D eigenvalue weighted by Crippen LogP contribution is -2.27. The van der Waals surface area contributed by atoms with Crippen molar-refractivity contribution in [3.8, 4) is 11.1 Å². The maximum absolute atomic E-state index is 12.3. The standard InChI is InChI=1S/C18H24N4O2/c1-3-5-19-6-4-7-20-18(24)16-9-14(13-23)8-15(10-16)17-11-21-22(2)12-17/h8-13,19H,3-7H2,1-2H3,(H,20,24). The van der Waals surface area contributed by atoms with Crippen LogP contribution < -0.4 is 10.6 Å². The number of hydrogen-bond donors (Lipinski definition) is 2. The van der Waals surface area contributed by atoms with Crippen molar-refractivity contribution in [2.24, 2.45) is 7.05 Å². The number of carbonyl (C=O) groups is 2. The molecule has 0 radical (unpaired) electrons. The van der Waals surface area contributed by atoms with Gasteiger partial charge in [-0.1, -0.05) is 6.92 Å². The fourth-order valence-electron chi connectivity index (χ4n) is 2.41. The van der Waals surface area contributed by atoms with E-state index in [4.69, 9.17) is 0 Å². The summed E-state index contributed by atoms with van der Waals surface area (Å²) in [6, 6.07) is 5.15. The Labute approximate surface area is 142 Å². The number of carbonyl (C=O) groups excluding carboxylic acids is 2. The number of hydrogen-bond acceptors (Lipinski definition) is 4. The van der Waals surface area contributed by atoms with E-state index in [-0.39, 0.29) is 5.91 Å². The minimum absolute atomic E-state index is 0.167. The number of nitrogens with one attached hydrogen (secondary N) is 2. The van der Waals surface area contributed by atoms with E-state index in [1.54, 1.807) is 29.1 Å². The van der Waals surface area contributed by atoms with Crippen LogP contribution in [-0.4, -0.2) is 41.6 Å². The van der Waals surface area contributed by atoms with Crippen LogP contribution in [0.4, 0.5) is 0 Å². The summed E-state index contributed by atoms with van der Waals surface area (Å²) in [7, 11) is 1.83. The van der Waals surface area contributed by atoms with Crippen molar-refractivity contribution < 1.29 is 9.59 Å². The topological polar surface area (TPSA) is 76.0 Å². The van der Waals surface area contributed by atoms with Crippen molar-refractivity contribution in [1.29, 1.82) is 0 Å². The van der Waals surface area contributed by atoms with Gasteiger partial charge in [0.05, 0.1) is 6.20 Å². The first-order valence-corrected chi connectivity index (χ1v) is 8.22. The second-order valence-corrected chi connectivity index (χ2v) is 5.72. The van der Waals surface area contributed by atoms with Crippen LogP contribution in [-0.2, 0) is 7.05 Å². The van der Waals surface area contributed by atoms with Crippen LogP contribution in [0.2, 0.25) is 0 Å². The Bertz CT molecular complexity index is 694. The monoisotopic (exact) mass is 328 g/mol. The van der Waals surface area contributed by atoms with Gasteiger partial charge in [-0.2, -0.15) is 5.10 Å². The summed E-state index contributed by atoms with van der Waals surface area (Å²) < 4.78 is 1.69. The highest BCUT2D eigenvalue weighted by Crippen LogP contribution is 2.21. The SMILES string of the molecule is CCCNCCCNC(=O)c1cc(C=O)cc(-c2cnn(C)c2)c1. The van der Waals surface area contributed by atoms with Crippen LogP contribution in [0.15, 0.2) is 30.6 Å². The summed E-state index contributed by atoms with van der Waals surface area (Å²) in [4.78, 5) is 23.5. The molecule has 0 aliphatic heterocycles. The molecule has 0 unspecified atom stereocenters. The number of aromatic nitrogens is 2. The fourth-order valence-corrected chi connectivity index (χ4v) is 2.41. The van der Waals surface area contributed by atoms with Gasteiger partial charge in [-0.15, -0.1) is 0 Å². The van der Waals surface area contributed by atoms with Gasteiger partial charge in [0.1, 0.15) is 6.29 Å². The summed E-state index contributed by atoms with van der Waals surface area (Å²) in [5.74, 6) is -0.167. The molecule has 6 nitrogen and oxygen atoms in total. The first-order valence-electron chi connectivity index (χ1n) is 8.22. The van der Waals surface area contributed by atoms with Crippen LogP contribution in [0.3, 0.4) is 0 Å². The minimum atomic E-state index is -0.167. The van der Waals surface area contributed by atoms with Crippen LogP contribution >= 0.6 is 0 Å². The largest absolute Gasteiger partial charge is 0.352 e. The van der Waals surface area contributed by atoms with Gasteiger partial charge < -0.3 is 10.6 Å².